The summed E-state index contributed by atoms with van der Waals surface area (Å²) in [6.07, 6.45) is 2.87. The minimum atomic E-state index is -0.191. The van der Waals surface area contributed by atoms with Gasteiger partial charge in [-0.25, -0.2) is 4.98 Å². The molecule has 4 nitrogen and oxygen atoms in total. The molecule has 2 unspecified atom stereocenters. The molecule has 1 aliphatic carbocycles. The van der Waals surface area contributed by atoms with E-state index in [0.717, 1.165) is 19.3 Å². The summed E-state index contributed by atoms with van der Waals surface area (Å²) in [4.78, 5) is 4.11. The first-order valence-electron chi connectivity index (χ1n) is 5.50. The lowest BCUT2D eigenvalue weighted by Gasteiger charge is -2.15. The predicted molar refractivity (Wildman–Crippen MR) is 65.5 cm³/mol. The number of nitrogen functional groups attached to an aromatic ring is 1. The molecule has 88 valence electrons. The lowest BCUT2D eigenvalue weighted by Crippen LogP contribution is -2.22. The number of hydrogen-bond donors (Lipinski definition) is 3. The standard InChI is InChI=1S/C11H16ClN3O/c12-10-4-8(13)5-11(15-10)14-6-7-2-1-3-9(7)16/h4-5,7,9,16H,1-3,6H2,(H3,13,14,15). The van der Waals surface area contributed by atoms with E-state index in [4.69, 9.17) is 17.3 Å². The number of halogens is 1. The minimum Gasteiger partial charge on any atom is -0.399 e. The topological polar surface area (TPSA) is 71.2 Å². The van der Waals surface area contributed by atoms with E-state index < -0.39 is 0 Å². The Balaban J connectivity index is 1.94. The molecule has 0 aromatic carbocycles. The lowest BCUT2D eigenvalue weighted by atomic mass is 10.1. The summed E-state index contributed by atoms with van der Waals surface area (Å²) in [7, 11) is 0. The van der Waals surface area contributed by atoms with Gasteiger partial charge in [-0.15, -0.1) is 0 Å². The third kappa shape index (κ3) is 2.77. The summed E-state index contributed by atoms with van der Waals surface area (Å²) >= 11 is 5.79. The summed E-state index contributed by atoms with van der Waals surface area (Å²) in [5.74, 6) is 0.978. The van der Waals surface area contributed by atoms with Crippen molar-refractivity contribution >= 4 is 23.1 Å². The number of rotatable bonds is 3. The third-order valence-corrected chi connectivity index (χ3v) is 3.17. The molecule has 0 bridgehead atoms. The van der Waals surface area contributed by atoms with E-state index in [1.165, 1.54) is 0 Å². The SMILES string of the molecule is Nc1cc(Cl)nc(NCC2CCCC2O)c1. The highest BCUT2D eigenvalue weighted by Crippen LogP contribution is 2.26. The Kier molecular flexibility index (Phi) is 3.51. The van der Waals surface area contributed by atoms with Crippen LogP contribution in [0, 0.1) is 5.92 Å². The van der Waals surface area contributed by atoms with Gasteiger partial charge in [-0.3, -0.25) is 0 Å². The maximum Gasteiger partial charge on any atom is 0.133 e. The zero-order chi connectivity index (χ0) is 11.5. The molecule has 0 radical (unpaired) electrons. The molecule has 16 heavy (non-hydrogen) atoms. The van der Waals surface area contributed by atoms with Gasteiger partial charge in [-0.05, 0) is 18.9 Å². The average Bonchev–Trinajstić information content (AvgIpc) is 2.59. The van der Waals surface area contributed by atoms with E-state index >= 15 is 0 Å². The quantitative estimate of drug-likeness (QED) is 0.707. The van der Waals surface area contributed by atoms with Crippen LogP contribution in [0.4, 0.5) is 11.5 Å². The molecule has 1 heterocycles. The second-order valence-corrected chi connectivity index (χ2v) is 4.63. The van der Waals surface area contributed by atoms with Crippen molar-refractivity contribution in [1.82, 2.24) is 4.98 Å². The molecule has 2 rings (SSSR count). The molecular weight excluding hydrogens is 226 g/mol. The maximum atomic E-state index is 9.66. The molecule has 1 saturated carbocycles. The first kappa shape index (κ1) is 11.5. The van der Waals surface area contributed by atoms with Gasteiger partial charge in [0, 0.05) is 24.2 Å². The number of nitrogens with two attached hydrogens (primary N) is 1. The van der Waals surface area contributed by atoms with Crippen molar-refractivity contribution in [2.24, 2.45) is 5.92 Å². The van der Waals surface area contributed by atoms with Crippen LogP contribution in [0.25, 0.3) is 0 Å². The van der Waals surface area contributed by atoms with Crippen LogP contribution >= 0.6 is 11.6 Å². The summed E-state index contributed by atoms with van der Waals surface area (Å²) in [5.41, 5.74) is 6.25. The summed E-state index contributed by atoms with van der Waals surface area (Å²) < 4.78 is 0. The van der Waals surface area contributed by atoms with Crippen LogP contribution < -0.4 is 11.1 Å². The Morgan fingerprint density at radius 1 is 1.50 bits per heavy atom. The van der Waals surface area contributed by atoms with Crippen LogP contribution in [0.15, 0.2) is 12.1 Å². The Hall–Kier alpha value is -1.00. The highest BCUT2D eigenvalue weighted by molar-refractivity contribution is 6.29. The molecular formula is C11H16ClN3O. The fraction of sp³-hybridized carbons (Fsp3) is 0.545. The van der Waals surface area contributed by atoms with Gasteiger partial charge in [0.1, 0.15) is 11.0 Å². The molecule has 5 heteroatoms. The first-order chi connectivity index (χ1) is 7.65. The van der Waals surface area contributed by atoms with Gasteiger partial charge in [-0.2, -0.15) is 0 Å². The van der Waals surface area contributed by atoms with Crippen molar-refractivity contribution in [3.63, 3.8) is 0 Å². The number of aliphatic hydroxyl groups is 1. The van der Waals surface area contributed by atoms with Crippen LogP contribution in [-0.2, 0) is 0 Å². The second-order valence-electron chi connectivity index (χ2n) is 4.25. The van der Waals surface area contributed by atoms with Crippen molar-refractivity contribution in [1.29, 1.82) is 0 Å². The number of hydrogen-bond acceptors (Lipinski definition) is 4. The van der Waals surface area contributed by atoms with Gasteiger partial charge in [0.05, 0.1) is 6.10 Å². The van der Waals surface area contributed by atoms with Crippen LogP contribution in [0.2, 0.25) is 5.15 Å². The van der Waals surface area contributed by atoms with Crippen LogP contribution in [-0.4, -0.2) is 22.7 Å². The second kappa shape index (κ2) is 4.89. The summed E-state index contributed by atoms with van der Waals surface area (Å²) in [6, 6.07) is 3.35. The maximum absolute atomic E-state index is 9.66. The highest BCUT2D eigenvalue weighted by Gasteiger charge is 2.24. The van der Waals surface area contributed by atoms with Gasteiger partial charge >= 0.3 is 0 Å². The number of aromatic nitrogens is 1. The Morgan fingerprint density at radius 2 is 2.31 bits per heavy atom. The fourth-order valence-corrected chi connectivity index (χ4v) is 2.32. The van der Waals surface area contributed by atoms with E-state index in [1.54, 1.807) is 12.1 Å². The highest BCUT2D eigenvalue weighted by atomic mass is 35.5. The van der Waals surface area contributed by atoms with Gasteiger partial charge in [0.2, 0.25) is 0 Å². The van der Waals surface area contributed by atoms with Crippen LogP contribution in [0.3, 0.4) is 0 Å². The zero-order valence-electron chi connectivity index (χ0n) is 8.99. The Bertz CT molecular complexity index is 352. The first-order valence-corrected chi connectivity index (χ1v) is 5.88. The smallest absolute Gasteiger partial charge is 0.133 e. The number of aliphatic hydroxyl groups excluding tert-OH is 1. The molecule has 1 aliphatic rings. The molecule has 0 spiro atoms. The fourth-order valence-electron chi connectivity index (χ4n) is 2.10. The number of anilines is 2. The van der Waals surface area contributed by atoms with E-state index in [1.807, 2.05) is 0 Å². The lowest BCUT2D eigenvalue weighted by molar-refractivity contribution is 0.138. The number of nitrogens with one attached hydrogen (secondary N) is 1. The summed E-state index contributed by atoms with van der Waals surface area (Å²) in [6.45, 7) is 0.716. The zero-order valence-corrected chi connectivity index (χ0v) is 9.74. The number of nitrogens with zero attached hydrogens (tertiary/aromatic N) is 1. The number of pyridine rings is 1. The minimum absolute atomic E-state index is 0.191. The van der Waals surface area contributed by atoms with Crippen molar-refractivity contribution in [3.8, 4) is 0 Å². The van der Waals surface area contributed by atoms with Gasteiger partial charge in [0.15, 0.2) is 0 Å². The van der Waals surface area contributed by atoms with E-state index in [9.17, 15) is 5.11 Å². The van der Waals surface area contributed by atoms with Gasteiger partial charge < -0.3 is 16.2 Å². The molecule has 0 saturated heterocycles. The normalized spacial score (nSPS) is 24.6. The van der Waals surface area contributed by atoms with E-state index in [0.29, 0.717) is 29.1 Å². The predicted octanol–water partition coefficient (Wildman–Crippen LogP) is 1.89. The van der Waals surface area contributed by atoms with Crippen molar-refractivity contribution in [2.75, 3.05) is 17.6 Å². The van der Waals surface area contributed by atoms with Crippen molar-refractivity contribution < 1.29 is 5.11 Å². The van der Waals surface area contributed by atoms with Crippen LogP contribution in [0.5, 0.6) is 0 Å². The summed E-state index contributed by atoms with van der Waals surface area (Å²) in [5, 5.41) is 13.2. The molecule has 1 aromatic heterocycles. The van der Waals surface area contributed by atoms with E-state index in [-0.39, 0.29) is 6.10 Å². The van der Waals surface area contributed by atoms with Gasteiger partial charge in [-0.1, -0.05) is 18.0 Å². The van der Waals surface area contributed by atoms with Crippen molar-refractivity contribution in [3.05, 3.63) is 17.3 Å². The van der Waals surface area contributed by atoms with Crippen molar-refractivity contribution in [2.45, 2.75) is 25.4 Å². The largest absolute Gasteiger partial charge is 0.399 e. The van der Waals surface area contributed by atoms with Gasteiger partial charge in [0.25, 0.3) is 0 Å². The Labute approximate surface area is 99.8 Å². The van der Waals surface area contributed by atoms with E-state index in [2.05, 4.69) is 10.3 Å². The van der Waals surface area contributed by atoms with Crippen LogP contribution in [0.1, 0.15) is 19.3 Å². The molecule has 1 aromatic rings. The molecule has 4 N–H and O–H groups in total. The average molecular weight is 242 g/mol. The molecule has 0 amide bonds. The third-order valence-electron chi connectivity index (χ3n) is 2.98. The Morgan fingerprint density at radius 3 is 2.94 bits per heavy atom. The molecule has 2 atom stereocenters. The molecule has 1 fully saturated rings. The monoisotopic (exact) mass is 241 g/mol. The molecule has 0 aliphatic heterocycles.